The van der Waals surface area contributed by atoms with Crippen molar-refractivity contribution in [3.05, 3.63) is 35.1 Å². The van der Waals surface area contributed by atoms with Crippen molar-refractivity contribution < 1.29 is 14.2 Å². The Bertz CT molecular complexity index is 372. The minimum Gasteiger partial charge on any atom is -0.388 e. The van der Waals surface area contributed by atoms with Crippen LogP contribution in [0.4, 0.5) is 4.39 Å². The van der Waals surface area contributed by atoms with E-state index in [-0.39, 0.29) is 11.9 Å². The Morgan fingerprint density at radius 3 is 3.00 bits per heavy atom. The summed E-state index contributed by atoms with van der Waals surface area (Å²) in [6, 6.07) is 4.92. The number of rotatable bonds is 4. The van der Waals surface area contributed by atoms with Crippen molar-refractivity contribution in [1.82, 2.24) is 0 Å². The van der Waals surface area contributed by atoms with Crippen LogP contribution >= 0.6 is 0 Å². The summed E-state index contributed by atoms with van der Waals surface area (Å²) in [4.78, 5) is 0. The van der Waals surface area contributed by atoms with E-state index in [2.05, 4.69) is 0 Å². The number of aliphatic hydroxyl groups is 1. The van der Waals surface area contributed by atoms with E-state index in [4.69, 9.17) is 4.74 Å². The lowest BCUT2D eigenvalue weighted by Crippen LogP contribution is -2.08. The molecule has 1 heterocycles. The van der Waals surface area contributed by atoms with Gasteiger partial charge in [0.25, 0.3) is 0 Å². The summed E-state index contributed by atoms with van der Waals surface area (Å²) < 4.78 is 18.8. The third-order valence-electron chi connectivity index (χ3n) is 3.37. The molecule has 0 amide bonds. The van der Waals surface area contributed by atoms with E-state index >= 15 is 0 Å². The average Bonchev–Trinajstić information content (AvgIpc) is 2.82. The van der Waals surface area contributed by atoms with Crippen LogP contribution in [0.5, 0.6) is 0 Å². The van der Waals surface area contributed by atoms with E-state index < -0.39 is 6.10 Å². The number of benzene rings is 1. The van der Waals surface area contributed by atoms with E-state index in [1.54, 1.807) is 19.1 Å². The molecular formula is C14H19FO2. The van der Waals surface area contributed by atoms with Gasteiger partial charge in [-0.1, -0.05) is 12.1 Å². The van der Waals surface area contributed by atoms with Crippen molar-refractivity contribution >= 4 is 0 Å². The van der Waals surface area contributed by atoms with E-state index in [1.807, 2.05) is 0 Å². The third-order valence-corrected chi connectivity index (χ3v) is 3.37. The molecule has 1 fully saturated rings. The van der Waals surface area contributed by atoms with Crippen LogP contribution in [0, 0.1) is 12.7 Å². The Morgan fingerprint density at radius 1 is 1.53 bits per heavy atom. The van der Waals surface area contributed by atoms with Gasteiger partial charge in [-0.25, -0.2) is 4.39 Å². The SMILES string of the molecule is Cc1ccc(C(O)CCC2CCCO2)cc1F. The Morgan fingerprint density at radius 2 is 2.35 bits per heavy atom. The van der Waals surface area contributed by atoms with Gasteiger partial charge in [-0.05, 0) is 49.8 Å². The molecule has 2 rings (SSSR count). The fourth-order valence-corrected chi connectivity index (χ4v) is 2.20. The Labute approximate surface area is 101 Å². The van der Waals surface area contributed by atoms with Gasteiger partial charge in [0.05, 0.1) is 12.2 Å². The molecule has 2 atom stereocenters. The molecule has 1 aliphatic rings. The number of hydrogen-bond acceptors (Lipinski definition) is 2. The van der Waals surface area contributed by atoms with Crippen LogP contribution in [0.1, 0.15) is 42.9 Å². The zero-order valence-electron chi connectivity index (χ0n) is 10.2. The monoisotopic (exact) mass is 238 g/mol. The van der Waals surface area contributed by atoms with Crippen molar-refractivity contribution in [3.63, 3.8) is 0 Å². The molecule has 2 nitrogen and oxygen atoms in total. The molecule has 1 saturated heterocycles. The van der Waals surface area contributed by atoms with E-state index in [0.717, 1.165) is 25.9 Å². The van der Waals surface area contributed by atoms with Gasteiger partial charge in [0.1, 0.15) is 5.82 Å². The van der Waals surface area contributed by atoms with Gasteiger partial charge in [-0.2, -0.15) is 0 Å². The Hall–Kier alpha value is -0.930. The van der Waals surface area contributed by atoms with Gasteiger partial charge in [0.2, 0.25) is 0 Å². The van der Waals surface area contributed by atoms with E-state index in [1.165, 1.54) is 6.07 Å². The summed E-state index contributed by atoms with van der Waals surface area (Å²) in [6.07, 6.45) is 3.35. The lowest BCUT2D eigenvalue weighted by atomic mass is 10.0. The second-order valence-electron chi connectivity index (χ2n) is 4.74. The van der Waals surface area contributed by atoms with Gasteiger partial charge >= 0.3 is 0 Å². The topological polar surface area (TPSA) is 29.5 Å². The summed E-state index contributed by atoms with van der Waals surface area (Å²) in [6.45, 7) is 2.55. The van der Waals surface area contributed by atoms with Crippen molar-refractivity contribution in [2.45, 2.75) is 44.8 Å². The first-order valence-electron chi connectivity index (χ1n) is 6.22. The van der Waals surface area contributed by atoms with Gasteiger partial charge in [-0.3, -0.25) is 0 Å². The lowest BCUT2D eigenvalue weighted by molar-refractivity contribution is 0.0811. The van der Waals surface area contributed by atoms with Crippen molar-refractivity contribution in [1.29, 1.82) is 0 Å². The zero-order chi connectivity index (χ0) is 12.3. The number of aliphatic hydroxyl groups excluding tert-OH is 1. The minimum absolute atomic E-state index is 0.251. The van der Waals surface area contributed by atoms with Crippen molar-refractivity contribution in [2.75, 3.05) is 6.61 Å². The summed E-state index contributed by atoms with van der Waals surface area (Å²) in [5, 5.41) is 9.97. The molecule has 0 aromatic heterocycles. The van der Waals surface area contributed by atoms with Crippen LogP contribution in [-0.4, -0.2) is 17.8 Å². The number of halogens is 1. The number of hydrogen-bond donors (Lipinski definition) is 1. The van der Waals surface area contributed by atoms with Crippen LogP contribution in [0.3, 0.4) is 0 Å². The molecular weight excluding hydrogens is 219 g/mol. The Kier molecular flexibility index (Phi) is 4.13. The normalized spacial score (nSPS) is 21.7. The smallest absolute Gasteiger partial charge is 0.126 e. The van der Waals surface area contributed by atoms with Crippen LogP contribution < -0.4 is 0 Å². The van der Waals surface area contributed by atoms with Crippen molar-refractivity contribution in [3.8, 4) is 0 Å². The number of ether oxygens (including phenoxy) is 1. The Balaban J connectivity index is 1.89. The van der Waals surface area contributed by atoms with Crippen LogP contribution in [0.2, 0.25) is 0 Å². The minimum atomic E-state index is -0.589. The standard InChI is InChI=1S/C14H19FO2/c1-10-4-5-11(9-13(10)15)14(16)7-6-12-3-2-8-17-12/h4-5,9,12,14,16H,2-3,6-8H2,1H3. The fraction of sp³-hybridized carbons (Fsp3) is 0.571. The van der Waals surface area contributed by atoms with Gasteiger partial charge in [0, 0.05) is 6.61 Å². The maximum Gasteiger partial charge on any atom is 0.126 e. The molecule has 2 unspecified atom stereocenters. The van der Waals surface area contributed by atoms with E-state index in [0.29, 0.717) is 17.5 Å². The predicted molar refractivity (Wildman–Crippen MR) is 64.3 cm³/mol. The highest BCUT2D eigenvalue weighted by Gasteiger charge is 2.18. The summed E-state index contributed by atoms with van der Waals surface area (Å²) in [5.41, 5.74) is 1.27. The predicted octanol–water partition coefficient (Wildman–Crippen LogP) is 3.13. The van der Waals surface area contributed by atoms with Gasteiger partial charge in [0.15, 0.2) is 0 Å². The van der Waals surface area contributed by atoms with Crippen LogP contribution in [0.15, 0.2) is 18.2 Å². The highest BCUT2D eigenvalue weighted by atomic mass is 19.1. The maximum atomic E-state index is 13.3. The highest BCUT2D eigenvalue weighted by Crippen LogP contribution is 2.24. The average molecular weight is 238 g/mol. The summed E-state index contributed by atoms with van der Waals surface area (Å²) >= 11 is 0. The van der Waals surface area contributed by atoms with Gasteiger partial charge < -0.3 is 9.84 Å². The number of aryl methyl sites for hydroxylation is 1. The van der Waals surface area contributed by atoms with Crippen LogP contribution in [0.25, 0.3) is 0 Å². The molecule has 17 heavy (non-hydrogen) atoms. The third kappa shape index (κ3) is 3.27. The fourth-order valence-electron chi connectivity index (χ4n) is 2.20. The molecule has 0 spiro atoms. The molecule has 94 valence electrons. The van der Waals surface area contributed by atoms with Gasteiger partial charge in [-0.15, -0.1) is 0 Å². The van der Waals surface area contributed by atoms with E-state index in [9.17, 15) is 9.50 Å². The summed E-state index contributed by atoms with van der Waals surface area (Å²) in [5.74, 6) is -0.251. The molecule has 0 aliphatic carbocycles. The van der Waals surface area contributed by atoms with Crippen molar-refractivity contribution in [2.24, 2.45) is 0 Å². The lowest BCUT2D eigenvalue weighted by Gasteiger charge is -2.14. The first-order chi connectivity index (χ1) is 8.16. The molecule has 0 bridgehead atoms. The first kappa shape index (κ1) is 12.5. The largest absolute Gasteiger partial charge is 0.388 e. The second kappa shape index (κ2) is 5.61. The zero-order valence-corrected chi connectivity index (χ0v) is 10.2. The molecule has 0 saturated carbocycles. The molecule has 1 aliphatic heterocycles. The quantitative estimate of drug-likeness (QED) is 0.873. The molecule has 1 aromatic carbocycles. The highest BCUT2D eigenvalue weighted by molar-refractivity contribution is 5.24. The summed E-state index contributed by atoms with van der Waals surface area (Å²) in [7, 11) is 0. The maximum absolute atomic E-state index is 13.3. The molecule has 1 aromatic rings. The first-order valence-corrected chi connectivity index (χ1v) is 6.22. The van der Waals surface area contributed by atoms with Crippen LogP contribution in [-0.2, 0) is 4.74 Å². The second-order valence-corrected chi connectivity index (χ2v) is 4.74. The molecule has 3 heteroatoms. The molecule has 0 radical (unpaired) electrons. The molecule has 1 N–H and O–H groups in total.